The smallest absolute Gasteiger partial charge is 0.194 e. The predicted molar refractivity (Wildman–Crippen MR) is 266 cm³/mol. The zero-order valence-electron chi connectivity index (χ0n) is 37.0. The second-order valence-corrected chi connectivity index (χ2v) is 17.9. The van der Waals surface area contributed by atoms with Gasteiger partial charge in [0.05, 0.1) is 52.3 Å². The summed E-state index contributed by atoms with van der Waals surface area (Å²) in [6.45, 7) is 17.2. The lowest BCUT2D eigenvalue weighted by molar-refractivity contribution is 0.632. The minimum absolute atomic E-state index is 0.272. The number of aromatic nitrogens is 3. The maximum atomic E-state index is 10.5. The number of nitriles is 1. The highest BCUT2D eigenvalue weighted by molar-refractivity contribution is 5.96. The third-order valence-corrected chi connectivity index (χ3v) is 13.4. The molecule has 1 aromatic heterocycles. The Morgan fingerprint density at radius 2 is 0.848 bits per heavy atom. The molecular formula is C59H43N7. The van der Waals surface area contributed by atoms with Crippen LogP contribution in [0.1, 0.15) is 55.5 Å². The van der Waals surface area contributed by atoms with E-state index in [1.807, 2.05) is 72.8 Å². The molecule has 2 aliphatic heterocycles. The third kappa shape index (κ3) is 6.36. The van der Waals surface area contributed by atoms with Crippen molar-refractivity contribution in [3.8, 4) is 51.4 Å². The van der Waals surface area contributed by atoms with Crippen LogP contribution in [0.3, 0.4) is 0 Å². The molecule has 0 saturated heterocycles. The molecule has 7 nitrogen and oxygen atoms in total. The first-order valence-electron chi connectivity index (χ1n) is 22.1. The van der Waals surface area contributed by atoms with E-state index in [2.05, 4.69) is 164 Å². The fraction of sp³-hybridized carbons (Fsp3) is 0.102. The summed E-state index contributed by atoms with van der Waals surface area (Å²) < 4.78 is 0. The second kappa shape index (κ2) is 15.6. The van der Waals surface area contributed by atoms with Gasteiger partial charge in [0, 0.05) is 27.5 Å². The summed E-state index contributed by atoms with van der Waals surface area (Å²) in [5.41, 5.74) is 15.1. The third-order valence-electron chi connectivity index (χ3n) is 13.4. The Labute approximate surface area is 385 Å². The Morgan fingerprint density at radius 3 is 1.35 bits per heavy atom. The van der Waals surface area contributed by atoms with Gasteiger partial charge in [0.25, 0.3) is 0 Å². The van der Waals surface area contributed by atoms with Crippen LogP contribution in [0, 0.1) is 17.9 Å². The molecule has 11 rings (SSSR count). The van der Waals surface area contributed by atoms with E-state index < -0.39 is 0 Å². The summed E-state index contributed by atoms with van der Waals surface area (Å²) in [7, 11) is 0. The van der Waals surface area contributed by atoms with Gasteiger partial charge in [-0.05, 0) is 88.0 Å². The summed E-state index contributed by atoms with van der Waals surface area (Å²) >= 11 is 0. The van der Waals surface area contributed by atoms with Crippen molar-refractivity contribution in [3.05, 3.63) is 227 Å². The molecule has 8 aromatic carbocycles. The van der Waals surface area contributed by atoms with Crippen LogP contribution in [0.5, 0.6) is 0 Å². The van der Waals surface area contributed by atoms with Crippen LogP contribution in [-0.2, 0) is 10.8 Å². The van der Waals surface area contributed by atoms with E-state index in [9.17, 15) is 5.26 Å². The molecule has 0 aliphatic carbocycles. The summed E-state index contributed by atoms with van der Waals surface area (Å²) in [5.74, 6) is 1.36. The lowest BCUT2D eigenvalue weighted by Gasteiger charge is -2.42. The molecule has 0 amide bonds. The second-order valence-electron chi connectivity index (χ2n) is 17.9. The van der Waals surface area contributed by atoms with Gasteiger partial charge in [0.2, 0.25) is 0 Å². The van der Waals surface area contributed by atoms with Crippen molar-refractivity contribution in [2.75, 3.05) is 9.80 Å². The fourth-order valence-corrected chi connectivity index (χ4v) is 10.1. The SMILES string of the molecule is [C-]#[N+]c1ccccc1-c1ccc(N2c3ccccc3C(C)(C)c3ccccc32)c(-c2nc(-c3ccccc3)nc(-c3cc(C#N)ccc3N3c4ccccc4C(C)(C)c4ccccc43)n2)c1. The van der Waals surface area contributed by atoms with Gasteiger partial charge in [0.15, 0.2) is 23.2 Å². The molecule has 7 heteroatoms. The quantitative estimate of drug-likeness (QED) is 0.155. The first-order chi connectivity index (χ1) is 32.2. The number of benzene rings is 8. The van der Waals surface area contributed by atoms with E-state index in [-0.39, 0.29) is 10.8 Å². The van der Waals surface area contributed by atoms with E-state index in [1.54, 1.807) is 0 Å². The van der Waals surface area contributed by atoms with Gasteiger partial charge >= 0.3 is 0 Å². The predicted octanol–water partition coefficient (Wildman–Crippen LogP) is 15.2. The minimum Gasteiger partial charge on any atom is -0.309 e. The number of fused-ring (bicyclic) bond motifs is 4. The summed E-state index contributed by atoms with van der Waals surface area (Å²) in [6.07, 6.45) is 0. The molecule has 0 saturated carbocycles. The van der Waals surface area contributed by atoms with Crippen LogP contribution < -0.4 is 9.80 Å². The normalized spacial score (nSPS) is 13.9. The summed E-state index contributed by atoms with van der Waals surface area (Å²) in [4.78, 5) is 24.7. The van der Waals surface area contributed by atoms with Gasteiger partial charge in [0.1, 0.15) is 0 Å². The maximum absolute atomic E-state index is 10.5. The molecule has 0 atom stereocenters. The molecule has 0 radical (unpaired) electrons. The highest BCUT2D eigenvalue weighted by atomic mass is 15.2. The van der Waals surface area contributed by atoms with Crippen molar-refractivity contribution in [2.45, 2.75) is 38.5 Å². The Kier molecular flexibility index (Phi) is 9.46. The number of hydrogen-bond donors (Lipinski definition) is 0. The van der Waals surface area contributed by atoms with Crippen LogP contribution >= 0.6 is 0 Å². The van der Waals surface area contributed by atoms with Crippen molar-refractivity contribution in [3.63, 3.8) is 0 Å². The number of para-hydroxylation sites is 5. The van der Waals surface area contributed by atoms with Crippen molar-refractivity contribution < 1.29 is 0 Å². The van der Waals surface area contributed by atoms with Crippen molar-refractivity contribution in [1.82, 2.24) is 15.0 Å². The van der Waals surface area contributed by atoms with E-state index >= 15 is 0 Å². The molecule has 66 heavy (non-hydrogen) atoms. The van der Waals surface area contributed by atoms with Crippen LogP contribution in [0.15, 0.2) is 188 Å². The van der Waals surface area contributed by atoms with Gasteiger partial charge in [-0.2, -0.15) is 5.26 Å². The fourth-order valence-electron chi connectivity index (χ4n) is 10.1. The van der Waals surface area contributed by atoms with Gasteiger partial charge in [-0.25, -0.2) is 19.8 Å². The average Bonchev–Trinajstić information content (AvgIpc) is 3.37. The first kappa shape index (κ1) is 40.1. The first-order valence-corrected chi connectivity index (χ1v) is 22.1. The zero-order valence-corrected chi connectivity index (χ0v) is 37.0. The van der Waals surface area contributed by atoms with Gasteiger partial charge in [-0.1, -0.05) is 161 Å². The number of rotatable bonds is 6. The van der Waals surface area contributed by atoms with Crippen LogP contribution in [0.2, 0.25) is 0 Å². The van der Waals surface area contributed by atoms with E-state index in [4.69, 9.17) is 21.5 Å². The average molecular weight is 850 g/mol. The molecule has 3 heterocycles. The lowest BCUT2D eigenvalue weighted by Crippen LogP contribution is -2.30. The molecular weight excluding hydrogens is 807 g/mol. The molecule has 2 aliphatic rings. The molecule has 0 N–H and O–H groups in total. The van der Waals surface area contributed by atoms with Gasteiger partial charge < -0.3 is 9.80 Å². The monoisotopic (exact) mass is 849 g/mol. The number of hydrogen-bond acceptors (Lipinski definition) is 6. The summed E-state index contributed by atoms with van der Waals surface area (Å²) in [6, 6.07) is 66.5. The highest BCUT2D eigenvalue weighted by Crippen LogP contribution is 2.55. The zero-order chi connectivity index (χ0) is 45.2. The van der Waals surface area contributed by atoms with Crippen LogP contribution in [-0.4, -0.2) is 15.0 Å². The molecule has 314 valence electrons. The van der Waals surface area contributed by atoms with Crippen molar-refractivity contribution in [1.29, 1.82) is 5.26 Å². The Bertz CT molecular complexity index is 3380. The molecule has 0 fully saturated rings. The summed E-state index contributed by atoms with van der Waals surface area (Å²) in [5, 5.41) is 10.5. The molecule has 0 unspecified atom stereocenters. The Hall–Kier alpha value is -8.65. The lowest BCUT2D eigenvalue weighted by atomic mass is 9.73. The number of anilines is 6. The Balaban J connectivity index is 1.22. The van der Waals surface area contributed by atoms with Gasteiger partial charge in [-0.3, -0.25) is 0 Å². The van der Waals surface area contributed by atoms with Gasteiger partial charge in [-0.15, -0.1) is 0 Å². The Morgan fingerprint density at radius 1 is 0.424 bits per heavy atom. The van der Waals surface area contributed by atoms with E-state index in [0.29, 0.717) is 34.3 Å². The van der Waals surface area contributed by atoms with Crippen molar-refractivity contribution in [2.24, 2.45) is 0 Å². The highest BCUT2D eigenvalue weighted by Gasteiger charge is 2.39. The molecule has 0 bridgehead atoms. The van der Waals surface area contributed by atoms with Crippen LogP contribution in [0.4, 0.5) is 39.8 Å². The standard InChI is InChI=1S/C59H43N7/c1-58(2)44-22-10-15-27-51(44)65(52-28-16-11-23-45(52)58)49-33-31-38(37-60)35-42(49)56-62-55(39-19-7-6-8-20-39)63-57(64-56)43-36-40(41-21-9-14-26-48(41)61-5)32-34-50(43)66-53-29-17-12-24-46(53)59(3,4)47-25-13-18-30-54(47)66/h6-36H,1-4H3. The molecule has 9 aromatic rings. The number of nitrogens with zero attached hydrogens (tertiary/aromatic N) is 7. The van der Waals surface area contributed by atoms with Crippen LogP contribution in [0.25, 0.3) is 50.1 Å². The van der Waals surface area contributed by atoms with E-state index in [1.165, 1.54) is 22.3 Å². The molecule has 0 spiro atoms. The maximum Gasteiger partial charge on any atom is 0.194 e. The van der Waals surface area contributed by atoms with E-state index in [0.717, 1.165) is 56.4 Å². The topological polar surface area (TPSA) is 73.3 Å². The largest absolute Gasteiger partial charge is 0.309 e. The minimum atomic E-state index is -0.276. The van der Waals surface area contributed by atoms with Crippen molar-refractivity contribution >= 4 is 39.8 Å².